The third-order valence-corrected chi connectivity index (χ3v) is 3.32. The molecule has 0 bridgehead atoms. The van der Waals surface area contributed by atoms with Gasteiger partial charge in [-0.3, -0.25) is 4.79 Å². The second-order valence-electron chi connectivity index (χ2n) is 5.56. The van der Waals surface area contributed by atoms with Gasteiger partial charge in [-0.25, -0.2) is 9.97 Å². The van der Waals surface area contributed by atoms with Crippen LogP contribution < -0.4 is 15.4 Å². The summed E-state index contributed by atoms with van der Waals surface area (Å²) in [5.74, 6) is 1.03. The minimum absolute atomic E-state index is 0.290. The van der Waals surface area contributed by atoms with E-state index in [1.807, 2.05) is 26.2 Å². The van der Waals surface area contributed by atoms with E-state index in [9.17, 15) is 4.79 Å². The van der Waals surface area contributed by atoms with Crippen molar-refractivity contribution in [2.45, 2.75) is 6.42 Å². The molecular weight excluding hydrogens is 306 g/mol. The summed E-state index contributed by atoms with van der Waals surface area (Å²) >= 11 is 0. The Balaban J connectivity index is 1.95. The fourth-order valence-electron chi connectivity index (χ4n) is 2.09. The lowest BCUT2D eigenvalue weighted by Gasteiger charge is -2.10. The van der Waals surface area contributed by atoms with Gasteiger partial charge in [-0.15, -0.1) is 0 Å². The smallest absolute Gasteiger partial charge is 0.274 e. The van der Waals surface area contributed by atoms with Gasteiger partial charge in [0.15, 0.2) is 0 Å². The van der Waals surface area contributed by atoms with E-state index in [1.54, 1.807) is 25.3 Å². The number of carbonyl (C=O) groups is 1. The van der Waals surface area contributed by atoms with Gasteiger partial charge < -0.3 is 20.3 Å². The predicted octanol–water partition coefficient (Wildman–Crippen LogP) is 2.10. The Hall–Kier alpha value is -2.67. The second kappa shape index (κ2) is 8.83. The van der Waals surface area contributed by atoms with Gasteiger partial charge in [0, 0.05) is 24.4 Å². The number of methoxy groups -OCH3 is 1. The number of nitrogens with zero attached hydrogens (tertiary/aromatic N) is 3. The molecule has 7 heteroatoms. The largest absolute Gasteiger partial charge is 0.497 e. The van der Waals surface area contributed by atoms with Crippen LogP contribution in [0, 0.1) is 0 Å². The molecule has 2 N–H and O–H groups in total. The molecule has 128 valence electrons. The molecule has 0 aliphatic carbocycles. The number of nitrogens with one attached hydrogen (secondary N) is 2. The molecule has 0 saturated carbocycles. The number of hydrogen-bond donors (Lipinski definition) is 2. The number of ether oxygens (including phenoxy) is 1. The molecular formula is C17H23N5O2. The van der Waals surface area contributed by atoms with Crippen molar-refractivity contribution in [3.05, 3.63) is 42.4 Å². The summed E-state index contributed by atoms with van der Waals surface area (Å²) in [6.45, 7) is 1.77. The summed E-state index contributed by atoms with van der Waals surface area (Å²) in [7, 11) is 5.65. The summed E-state index contributed by atoms with van der Waals surface area (Å²) in [5, 5.41) is 6.00. The van der Waals surface area contributed by atoms with Gasteiger partial charge in [0.1, 0.15) is 23.6 Å². The quantitative estimate of drug-likeness (QED) is 0.722. The van der Waals surface area contributed by atoms with Crippen LogP contribution in [0.5, 0.6) is 5.75 Å². The molecule has 1 aromatic carbocycles. The zero-order valence-corrected chi connectivity index (χ0v) is 14.2. The standard InChI is InChI=1S/C17H23N5O2/c1-22(2)9-5-8-18-16-11-15(19-12-20-16)17(23)21-13-6-4-7-14(10-13)24-3/h4,6-7,10-12H,5,8-9H2,1-3H3,(H,21,23)(H,18,19,20). The summed E-state index contributed by atoms with van der Waals surface area (Å²) in [6.07, 6.45) is 2.37. The molecule has 0 aliphatic heterocycles. The number of rotatable bonds is 8. The average Bonchev–Trinajstić information content (AvgIpc) is 2.59. The monoisotopic (exact) mass is 329 g/mol. The van der Waals surface area contributed by atoms with Crippen LogP contribution in [-0.4, -0.2) is 55.1 Å². The van der Waals surface area contributed by atoms with Gasteiger partial charge in [-0.2, -0.15) is 0 Å². The maximum absolute atomic E-state index is 12.3. The highest BCUT2D eigenvalue weighted by atomic mass is 16.5. The first-order chi connectivity index (χ1) is 11.6. The highest BCUT2D eigenvalue weighted by Gasteiger charge is 2.09. The number of benzene rings is 1. The van der Waals surface area contributed by atoms with Crippen LogP contribution >= 0.6 is 0 Å². The Morgan fingerprint density at radius 2 is 2.08 bits per heavy atom. The number of anilines is 2. The van der Waals surface area contributed by atoms with Crippen LogP contribution in [0.15, 0.2) is 36.7 Å². The highest BCUT2D eigenvalue weighted by molar-refractivity contribution is 6.03. The number of aromatic nitrogens is 2. The Morgan fingerprint density at radius 1 is 1.25 bits per heavy atom. The van der Waals surface area contributed by atoms with Crippen molar-refractivity contribution in [3.63, 3.8) is 0 Å². The Bertz CT molecular complexity index is 676. The lowest BCUT2D eigenvalue weighted by molar-refractivity contribution is 0.102. The topological polar surface area (TPSA) is 79.4 Å². The Kier molecular flexibility index (Phi) is 6.51. The van der Waals surface area contributed by atoms with Crippen molar-refractivity contribution in [2.24, 2.45) is 0 Å². The molecule has 7 nitrogen and oxygen atoms in total. The van der Waals surface area contributed by atoms with Gasteiger partial charge in [0.2, 0.25) is 0 Å². The van der Waals surface area contributed by atoms with E-state index in [4.69, 9.17) is 4.74 Å². The van der Waals surface area contributed by atoms with Crippen molar-refractivity contribution in [1.29, 1.82) is 0 Å². The lowest BCUT2D eigenvalue weighted by atomic mass is 10.3. The van der Waals surface area contributed by atoms with Crippen LogP contribution in [-0.2, 0) is 0 Å². The molecule has 1 heterocycles. The van der Waals surface area contributed by atoms with Gasteiger partial charge in [0.25, 0.3) is 5.91 Å². The fraction of sp³-hybridized carbons (Fsp3) is 0.353. The first kappa shape index (κ1) is 17.7. The maximum Gasteiger partial charge on any atom is 0.274 e. The maximum atomic E-state index is 12.3. The van der Waals surface area contributed by atoms with Crippen LogP contribution in [0.1, 0.15) is 16.9 Å². The van der Waals surface area contributed by atoms with Crippen LogP contribution in [0.4, 0.5) is 11.5 Å². The second-order valence-corrected chi connectivity index (χ2v) is 5.56. The van der Waals surface area contributed by atoms with Crippen LogP contribution in [0.3, 0.4) is 0 Å². The molecule has 24 heavy (non-hydrogen) atoms. The van der Waals surface area contributed by atoms with E-state index in [0.29, 0.717) is 22.9 Å². The number of amides is 1. The van der Waals surface area contributed by atoms with Crippen LogP contribution in [0.2, 0.25) is 0 Å². The molecule has 1 amide bonds. The molecule has 1 aromatic heterocycles. The normalized spacial score (nSPS) is 10.5. The Labute approximate surface area is 142 Å². The van der Waals surface area contributed by atoms with Gasteiger partial charge in [-0.1, -0.05) is 6.07 Å². The molecule has 0 radical (unpaired) electrons. The zero-order valence-electron chi connectivity index (χ0n) is 14.2. The summed E-state index contributed by atoms with van der Waals surface area (Å²) in [4.78, 5) is 22.6. The minimum Gasteiger partial charge on any atom is -0.497 e. The lowest BCUT2D eigenvalue weighted by Crippen LogP contribution is -2.17. The van der Waals surface area contributed by atoms with E-state index in [1.165, 1.54) is 6.33 Å². The van der Waals surface area contributed by atoms with Crippen LogP contribution in [0.25, 0.3) is 0 Å². The molecule has 2 rings (SSSR count). The molecule has 0 fully saturated rings. The SMILES string of the molecule is COc1cccc(NC(=O)c2cc(NCCCN(C)C)ncn2)c1. The summed E-state index contributed by atoms with van der Waals surface area (Å²) in [5.41, 5.74) is 0.960. The van der Waals surface area contributed by atoms with Crippen molar-refractivity contribution in [1.82, 2.24) is 14.9 Å². The molecule has 0 unspecified atom stereocenters. The van der Waals surface area contributed by atoms with Crippen molar-refractivity contribution in [3.8, 4) is 5.75 Å². The van der Waals surface area contributed by atoms with Crippen molar-refractivity contribution in [2.75, 3.05) is 44.9 Å². The minimum atomic E-state index is -0.290. The predicted molar refractivity (Wildman–Crippen MR) is 94.6 cm³/mol. The fourth-order valence-corrected chi connectivity index (χ4v) is 2.09. The first-order valence-corrected chi connectivity index (χ1v) is 7.74. The number of carbonyl (C=O) groups excluding carboxylic acids is 1. The van der Waals surface area contributed by atoms with E-state index < -0.39 is 0 Å². The van der Waals surface area contributed by atoms with Crippen molar-refractivity contribution >= 4 is 17.4 Å². The third kappa shape index (κ3) is 5.51. The van der Waals surface area contributed by atoms with Gasteiger partial charge in [0.05, 0.1) is 7.11 Å². The van der Waals surface area contributed by atoms with Gasteiger partial charge in [-0.05, 0) is 39.2 Å². The van der Waals surface area contributed by atoms with E-state index in [2.05, 4.69) is 25.5 Å². The Morgan fingerprint density at radius 3 is 2.83 bits per heavy atom. The van der Waals surface area contributed by atoms with E-state index in [-0.39, 0.29) is 5.91 Å². The van der Waals surface area contributed by atoms with Gasteiger partial charge >= 0.3 is 0 Å². The summed E-state index contributed by atoms with van der Waals surface area (Å²) < 4.78 is 5.14. The third-order valence-electron chi connectivity index (χ3n) is 3.32. The molecule has 0 atom stereocenters. The molecule has 0 saturated heterocycles. The summed E-state index contributed by atoms with van der Waals surface area (Å²) in [6, 6.07) is 8.81. The van der Waals surface area contributed by atoms with E-state index >= 15 is 0 Å². The number of hydrogen-bond acceptors (Lipinski definition) is 6. The molecule has 2 aromatic rings. The molecule has 0 aliphatic rings. The first-order valence-electron chi connectivity index (χ1n) is 7.74. The highest BCUT2D eigenvalue weighted by Crippen LogP contribution is 2.17. The average molecular weight is 329 g/mol. The van der Waals surface area contributed by atoms with Crippen molar-refractivity contribution < 1.29 is 9.53 Å². The van der Waals surface area contributed by atoms with E-state index in [0.717, 1.165) is 19.5 Å². The molecule has 0 spiro atoms. The zero-order chi connectivity index (χ0) is 17.4.